The first-order chi connectivity index (χ1) is 8.92. The van der Waals surface area contributed by atoms with Gasteiger partial charge in [0, 0.05) is 18.5 Å². The molecule has 0 saturated heterocycles. The van der Waals surface area contributed by atoms with E-state index in [-0.39, 0.29) is 11.8 Å². The summed E-state index contributed by atoms with van der Waals surface area (Å²) in [4.78, 5) is 22.4. The van der Waals surface area contributed by atoms with Gasteiger partial charge in [0.25, 0.3) is 0 Å². The molecule has 1 saturated carbocycles. The number of carbonyl (C=O) groups is 2. The lowest BCUT2D eigenvalue weighted by Gasteiger charge is -2.24. The van der Waals surface area contributed by atoms with Crippen LogP contribution in [0.3, 0.4) is 0 Å². The Balaban J connectivity index is 3.03. The fourth-order valence-corrected chi connectivity index (χ4v) is 2.83. The van der Waals surface area contributed by atoms with E-state index in [9.17, 15) is 14.7 Å². The number of hydrogen-bond donors (Lipinski definition) is 3. The molecule has 3 unspecified atom stereocenters. The number of allylic oxidation sites excluding steroid dienone is 1. The minimum atomic E-state index is -0.966. The smallest absolute Gasteiger partial charge is 0.309 e. The largest absolute Gasteiger partial charge is 0.481 e. The van der Waals surface area contributed by atoms with Crippen LogP contribution in [0.1, 0.15) is 46.5 Å². The maximum absolute atomic E-state index is 11.3. The number of hydrogen-bond acceptors (Lipinski definition) is 3. The zero-order chi connectivity index (χ0) is 14.6. The quantitative estimate of drug-likeness (QED) is 0.708. The molecular formula is C14H23NO4. The molecule has 0 heterocycles. The predicted octanol–water partition coefficient (Wildman–Crippen LogP) is 1.67. The van der Waals surface area contributed by atoms with E-state index in [1.807, 2.05) is 13.8 Å². The molecule has 1 aliphatic carbocycles. The first-order valence-electron chi connectivity index (χ1n) is 6.82. The van der Waals surface area contributed by atoms with Gasteiger partial charge in [-0.05, 0) is 25.7 Å². The van der Waals surface area contributed by atoms with Gasteiger partial charge < -0.3 is 15.5 Å². The lowest BCUT2D eigenvalue weighted by Crippen LogP contribution is -2.34. The van der Waals surface area contributed by atoms with Crippen LogP contribution in [0.2, 0.25) is 0 Å². The number of rotatable bonds is 5. The maximum Gasteiger partial charge on any atom is 0.309 e. The Labute approximate surface area is 113 Å². The van der Waals surface area contributed by atoms with Crippen LogP contribution in [-0.2, 0) is 9.59 Å². The van der Waals surface area contributed by atoms with E-state index in [2.05, 4.69) is 5.32 Å². The van der Waals surface area contributed by atoms with E-state index in [1.165, 1.54) is 6.92 Å². The molecule has 0 aliphatic heterocycles. The number of aliphatic hydroxyl groups excluding tert-OH is 1. The van der Waals surface area contributed by atoms with Crippen LogP contribution in [0, 0.1) is 11.8 Å². The first kappa shape index (κ1) is 15.7. The second-order valence-electron chi connectivity index (χ2n) is 5.02. The standard InChI is InChI=1S/C14H23NO4/c1-4-9(5-2)12(15-8(3)16)10-6-7-11(13(10)17)14(18)19/h10-11,13,17H,4-7H2,1-3H3,(H,15,16)(H,18,19). The zero-order valence-corrected chi connectivity index (χ0v) is 11.8. The van der Waals surface area contributed by atoms with E-state index >= 15 is 0 Å². The number of nitrogens with one attached hydrogen (secondary N) is 1. The van der Waals surface area contributed by atoms with Crippen LogP contribution >= 0.6 is 0 Å². The van der Waals surface area contributed by atoms with E-state index in [4.69, 9.17) is 5.11 Å². The highest BCUT2D eigenvalue weighted by atomic mass is 16.4. The normalized spacial score (nSPS) is 26.0. The van der Waals surface area contributed by atoms with Crippen LogP contribution < -0.4 is 5.32 Å². The van der Waals surface area contributed by atoms with Crippen LogP contribution in [-0.4, -0.2) is 28.2 Å². The third-order valence-electron chi connectivity index (χ3n) is 3.85. The van der Waals surface area contributed by atoms with Crippen molar-refractivity contribution in [2.45, 2.75) is 52.6 Å². The van der Waals surface area contributed by atoms with Gasteiger partial charge >= 0.3 is 5.97 Å². The fourth-order valence-electron chi connectivity index (χ4n) is 2.83. The van der Waals surface area contributed by atoms with Crippen molar-refractivity contribution in [2.24, 2.45) is 11.8 Å². The molecule has 3 N–H and O–H groups in total. The summed E-state index contributed by atoms with van der Waals surface area (Å²) in [5, 5.41) is 22.0. The van der Waals surface area contributed by atoms with Gasteiger partial charge in [0.05, 0.1) is 12.0 Å². The SMILES string of the molecule is CCC(CC)=C(NC(C)=O)C1CCC(C(=O)O)C1O. The van der Waals surface area contributed by atoms with Gasteiger partial charge in [-0.3, -0.25) is 9.59 Å². The molecule has 108 valence electrons. The Bertz CT molecular complexity index is 383. The summed E-state index contributed by atoms with van der Waals surface area (Å²) in [6.07, 6.45) is 1.69. The summed E-state index contributed by atoms with van der Waals surface area (Å²) in [6.45, 7) is 5.42. The van der Waals surface area contributed by atoms with Gasteiger partial charge in [0.2, 0.25) is 5.91 Å². The molecule has 19 heavy (non-hydrogen) atoms. The van der Waals surface area contributed by atoms with Crippen molar-refractivity contribution in [3.8, 4) is 0 Å². The van der Waals surface area contributed by atoms with Crippen molar-refractivity contribution >= 4 is 11.9 Å². The van der Waals surface area contributed by atoms with Crippen LogP contribution in [0.15, 0.2) is 11.3 Å². The number of aliphatic carboxylic acids is 1. The van der Waals surface area contributed by atoms with Crippen molar-refractivity contribution in [2.75, 3.05) is 0 Å². The molecule has 1 fully saturated rings. The summed E-state index contributed by atoms with van der Waals surface area (Å²) in [7, 11) is 0. The molecule has 1 aliphatic rings. The molecule has 0 aromatic carbocycles. The van der Waals surface area contributed by atoms with E-state index in [0.717, 1.165) is 24.1 Å². The number of aliphatic hydroxyl groups is 1. The summed E-state index contributed by atoms with van der Waals surface area (Å²) in [5.74, 6) is -2.16. The predicted molar refractivity (Wildman–Crippen MR) is 71.3 cm³/mol. The van der Waals surface area contributed by atoms with Crippen LogP contribution in [0.5, 0.6) is 0 Å². The second-order valence-corrected chi connectivity index (χ2v) is 5.02. The summed E-state index contributed by atoms with van der Waals surface area (Å²) < 4.78 is 0. The Morgan fingerprint density at radius 2 is 1.68 bits per heavy atom. The summed E-state index contributed by atoms with van der Waals surface area (Å²) >= 11 is 0. The average molecular weight is 269 g/mol. The molecule has 0 aromatic rings. The van der Waals surface area contributed by atoms with E-state index in [1.54, 1.807) is 0 Å². The lowest BCUT2D eigenvalue weighted by molar-refractivity contribution is -0.144. The topological polar surface area (TPSA) is 86.6 Å². The monoisotopic (exact) mass is 269 g/mol. The molecule has 3 atom stereocenters. The summed E-state index contributed by atoms with van der Waals surface area (Å²) in [6, 6.07) is 0. The number of amides is 1. The molecule has 1 rings (SSSR count). The molecule has 0 bridgehead atoms. The zero-order valence-electron chi connectivity index (χ0n) is 11.8. The van der Waals surface area contributed by atoms with Crippen molar-refractivity contribution in [3.63, 3.8) is 0 Å². The highest BCUT2D eigenvalue weighted by Gasteiger charge is 2.41. The lowest BCUT2D eigenvalue weighted by atomic mass is 9.92. The van der Waals surface area contributed by atoms with Gasteiger partial charge in [-0.2, -0.15) is 0 Å². The molecule has 0 aromatic heterocycles. The average Bonchev–Trinajstić information content (AvgIpc) is 2.70. The Hall–Kier alpha value is -1.36. The highest BCUT2D eigenvalue weighted by Crippen LogP contribution is 2.37. The number of carbonyl (C=O) groups excluding carboxylic acids is 1. The van der Waals surface area contributed by atoms with Crippen molar-refractivity contribution in [1.29, 1.82) is 0 Å². The third-order valence-corrected chi connectivity index (χ3v) is 3.85. The maximum atomic E-state index is 11.3. The Morgan fingerprint density at radius 1 is 1.16 bits per heavy atom. The third kappa shape index (κ3) is 3.56. The van der Waals surface area contributed by atoms with Crippen LogP contribution in [0.4, 0.5) is 0 Å². The van der Waals surface area contributed by atoms with E-state index in [0.29, 0.717) is 12.8 Å². The molecular weight excluding hydrogens is 246 g/mol. The van der Waals surface area contributed by atoms with Gasteiger partial charge in [0.15, 0.2) is 0 Å². The Kier molecular flexibility index (Phi) is 5.54. The number of carboxylic acid groups (broad SMARTS) is 1. The fraction of sp³-hybridized carbons (Fsp3) is 0.714. The van der Waals surface area contributed by atoms with Crippen molar-refractivity contribution in [1.82, 2.24) is 5.32 Å². The van der Waals surface area contributed by atoms with Crippen molar-refractivity contribution in [3.05, 3.63) is 11.3 Å². The molecule has 1 amide bonds. The Morgan fingerprint density at radius 3 is 2.05 bits per heavy atom. The molecule has 5 heteroatoms. The van der Waals surface area contributed by atoms with E-state index < -0.39 is 18.0 Å². The van der Waals surface area contributed by atoms with Crippen LogP contribution in [0.25, 0.3) is 0 Å². The van der Waals surface area contributed by atoms with Gasteiger partial charge in [-0.15, -0.1) is 0 Å². The molecule has 0 radical (unpaired) electrons. The van der Waals surface area contributed by atoms with Gasteiger partial charge in [-0.25, -0.2) is 0 Å². The minimum absolute atomic E-state index is 0.180. The van der Waals surface area contributed by atoms with Crippen molar-refractivity contribution < 1.29 is 19.8 Å². The summed E-state index contributed by atoms with van der Waals surface area (Å²) in [5.41, 5.74) is 1.80. The minimum Gasteiger partial charge on any atom is -0.481 e. The highest BCUT2D eigenvalue weighted by molar-refractivity contribution is 5.75. The molecule has 5 nitrogen and oxygen atoms in total. The second kappa shape index (κ2) is 6.70. The first-order valence-corrected chi connectivity index (χ1v) is 6.82. The van der Waals surface area contributed by atoms with Gasteiger partial charge in [-0.1, -0.05) is 19.4 Å². The molecule has 0 spiro atoms. The number of carboxylic acids is 1. The van der Waals surface area contributed by atoms with Gasteiger partial charge in [0.1, 0.15) is 0 Å².